The molecule has 0 aliphatic carbocycles. The zero-order valence-electron chi connectivity index (χ0n) is 10.1. The van der Waals surface area contributed by atoms with E-state index >= 15 is 0 Å². The molecule has 1 heterocycles. The summed E-state index contributed by atoms with van der Waals surface area (Å²) in [5.74, 6) is 0.144. The Hall–Kier alpha value is -1.84. The second kappa shape index (κ2) is 4.57. The third-order valence-electron chi connectivity index (χ3n) is 2.86. The van der Waals surface area contributed by atoms with E-state index in [0.717, 1.165) is 11.3 Å². The first-order valence-electron chi connectivity index (χ1n) is 5.74. The fraction of sp³-hybridized carbons (Fsp3) is 0.385. The Labute approximate surface area is 101 Å². The monoisotopic (exact) mass is 232 g/mol. The van der Waals surface area contributed by atoms with E-state index in [9.17, 15) is 9.59 Å². The van der Waals surface area contributed by atoms with Gasteiger partial charge in [0.05, 0.1) is 18.2 Å². The van der Waals surface area contributed by atoms with E-state index in [0.29, 0.717) is 12.8 Å². The summed E-state index contributed by atoms with van der Waals surface area (Å²) in [4.78, 5) is 22.6. The third-order valence-corrected chi connectivity index (χ3v) is 2.86. The number of nitrogens with zero attached hydrogens (tertiary/aromatic N) is 1. The van der Waals surface area contributed by atoms with Gasteiger partial charge in [0, 0.05) is 6.42 Å². The molecule has 0 aromatic heterocycles. The van der Waals surface area contributed by atoms with Crippen molar-refractivity contribution >= 4 is 17.4 Å². The normalized spacial score (nSPS) is 19.3. The molecule has 1 atom stereocenters. The zero-order chi connectivity index (χ0) is 12.4. The number of para-hydroxylation sites is 1. The summed E-state index contributed by atoms with van der Waals surface area (Å²) in [5.41, 5.74) is 4.69. The highest BCUT2D eigenvalue weighted by Gasteiger charge is 2.27. The van der Waals surface area contributed by atoms with Crippen LogP contribution in [0, 0.1) is 0 Å². The zero-order valence-corrected chi connectivity index (χ0v) is 10.1. The van der Waals surface area contributed by atoms with Gasteiger partial charge >= 0.3 is 0 Å². The Morgan fingerprint density at radius 3 is 2.76 bits per heavy atom. The van der Waals surface area contributed by atoms with Crippen molar-refractivity contribution in [2.45, 2.75) is 32.7 Å². The van der Waals surface area contributed by atoms with Gasteiger partial charge in [0.2, 0.25) is 5.91 Å². The fourth-order valence-corrected chi connectivity index (χ4v) is 2.11. The average molecular weight is 232 g/mol. The molecule has 0 radical (unpaired) electrons. The molecule has 1 amide bonds. The Morgan fingerprint density at radius 2 is 2.18 bits per heavy atom. The molecule has 1 N–H and O–H groups in total. The second-order valence-corrected chi connectivity index (χ2v) is 4.47. The van der Waals surface area contributed by atoms with Crippen molar-refractivity contribution < 1.29 is 9.59 Å². The maximum Gasteiger partial charge on any atom is 0.240 e. The number of carbonyl (C=O) groups is 2. The number of rotatable bonds is 3. The number of hydrogen-bond donors (Lipinski definition) is 1. The first-order valence-corrected chi connectivity index (χ1v) is 5.74. The molecule has 90 valence electrons. The summed E-state index contributed by atoms with van der Waals surface area (Å²) in [7, 11) is 0. The molecule has 1 aliphatic rings. The first kappa shape index (κ1) is 11.6. The Balaban J connectivity index is 2.31. The van der Waals surface area contributed by atoms with Crippen LogP contribution < -0.4 is 10.4 Å². The lowest BCUT2D eigenvalue weighted by molar-refractivity contribution is -0.119. The van der Waals surface area contributed by atoms with Gasteiger partial charge in [0.25, 0.3) is 0 Å². The van der Waals surface area contributed by atoms with Crippen LogP contribution in [0.4, 0.5) is 5.69 Å². The molecule has 1 unspecified atom stereocenters. The van der Waals surface area contributed by atoms with Gasteiger partial charge in [-0.1, -0.05) is 18.2 Å². The summed E-state index contributed by atoms with van der Waals surface area (Å²) in [6.07, 6.45) is 0.893. The molecule has 4 heteroatoms. The maximum atomic E-state index is 11.4. The van der Waals surface area contributed by atoms with Crippen LogP contribution in [0.3, 0.4) is 0 Å². The highest BCUT2D eigenvalue weighted by Crippen LogP contribution is 2.25. The SMILES string of the molecule is CC(=O)Cc1ccccc1N1NC(=O)CC1C. The Kier molecular flexibility index (Phi) is 3.13. The van der Waals surface area contributed by atoms with Crippen molar-refractivity contribution in [3.05, 3.63) is 29.8 Å². The molecule has 0 saturated carbocycles. The van der Waals surface area contributed by atoms with Gasteiger partial charge in [-0.15, -0.1) is 0 Å². The van der Waals surface area contributed by atoms with Crippen molar-refractivity contribution in [3.8, 4) is 0 Å². The number of carbonyl (C=O) groups excluding carboxylic acids is 2. The van der Waals surface area contributed by atoms with E-state index in [1.165, 1.54) is 0 Å². The molecule has 1 aromatic rings. The highest BCUT2D eigenvalue weighted by atomic mass is 16.2. The van der Waals surface area contributed by atoms with Crippen molar-refractivity contribution in [3.63, 3.8) is 0 Å². The van der Waals surface area contributed by atoms with E-state index in [1.807, 2.05) is 36.2 Å². The van der Waals surface area contributed by atoms with Crippen LogP contribution >= 0.6 is 0 Å². The number of anilines is 1. The molecule has 0 spiro atoms. The average Bonchev–Trinajstić information content (AvgIpc) is 2.58. The van der Waals surface area contributed by atoms with Gasteiger partial charge < -0.3 is 0 Å². The summed E-state index contributed by atoms with van der Waals surface area (Å²) >= 11 is 0. The first-order chi connectivity index (χ1) is 8.08. The van der Waals surface area contributed by atoms with Crippen LogP contribution in [0.1, 0.15) is 25.8 Å². The lowest BCUT2D eigenvalue weighted by Gasteiger charge is -2.25. The predicted molar refractivity (Wildman–Crippen MR) is 65.5 cm³/mol. The van der Waals surface area contributed by atoms with E-state index < -0.39 is 0 Å². The Bertz CT molecular complexity index is 456. The van der Waals surface area contributed by atoms with Crippen molar-refractivity contribution in [1.29, 1.82) is 0 Å². The number of ketones is 1. The number of hydrazine groups is 1. The third kappa shape index (κ3) is 2.46. The summed E-state index contributed by atoms with van der Waals surface area (Å²) in [5, 5.41) is 1.85. The standard InChI is InChI=1S/C13H16N2O2/c1-9-7-13(17)14-15(9)12-6-4-3-5-11(12)8-10(2)16/h3-6,9H,7-8H2,1-2H3,(H,14,17). The van der Waals surface area contributed by atoms with Gasteiger partial charge in [-0.2, -0.15) is 0 Å². The molecule has 1 aliphatic heterocycles. The van der Waals surface area contributed by atoms with Gasteiger partial charge in [0.1, 0.15) is 5.78 Å². The molecule has 1 aromatic carbocycles. The lowest BCUT2D eigenvalue weighted by atomic mass is 10.1. The molecule has 4 nitrogen and oxygen atoms in total. The van der Waals surface area contributed by atoms with E-state index in [-0.39, 0.29) is 17.7 Å². The van der Waals surface area contributed by atoms with Crippen LogP contribution in [0.2, 0.25) is 0 Å². The van der Waals surface area contributed by atoms with Crippen LogP contribution in [-0.2, 0) is 16.0 Å². The molecule has 17 heavy (non-hydrogen) atoms. The molecule has 1 saturated heterocycles. The van der Waals surface area contributed by atoms with Gasteiger partial charge in [-0.3, -0.25) is 20.0 Å². The largest absolute Gasteiger partial charge is 0.300 e. The molecule has 0 bridgehead atoms. The van der Waals surface area contributed by atoms with Crippen LogP contribution in [-0.4, -0.2) is 17.7 Å². The minimum absolute atomic E-state index is 0.0233. The molecular formula is C13H16N2O2. The van der Waals surface area contributed by atoms with Crippen molar-refractivity contribution in [1.82, 2.24) is 5.43 Å². The molecular weight excluding hydrogens is 216 g/mol. The van der Waals surface area contributed by atoms with Gasteiger partial charge in [-0.25, -0.2) is 0 Å². The van der Waals surface area contributed by atoms with Crippen molar-refractivity contribution in [2.24, 2.45) is 0 Å². The molecule has 2 rings (SSSR count). The van der Waals surface area contributed by atoms with Crippen molar-refractivity contribution in [2.75, 3.05) is 5.01 Å². The maximum absolute atomic E-state index is 11.4. The smallest absolute Gasteiger partial charge is 0.240 e. The quantitative estimate of drug-likeness (QED) is 0.858. The van der Waals surface area contributed by atoms with Crippen LogP contribution in [0.15, 0.2) is 24.3 Å². The highest BCUT2D eigenvalue weighted by molar-refractivity contribution is 5.84. The minimum Gasteiger partial charge on any atom is -0.300 e. The van der Waals surface area contributed by atoms with Gasteiger partial charge in [0.15, 0.2) is 0 Å². The number of nitrogens with one attached hydrogen (secondary N) is 1. The predicted octanol–water partition coefficient (Wildman–Crippen LogP) is 1.45. The summed E-state index contributed by atoms with van der Waals surface area (Å²) in [6.45, 7) is 3.56. The number of hydrogen-bond acceptors (Lipinski definition) is 3. The van der Waals surface area contributed by atoms with Gasteiger partial charge in [-0.05, 0) is 25.5 Å². The van der Waals surface area contributed by atoms with Crippen LogP contribution in [0.5, 0.6) is 0 Å². The van der Waals surface area contributed by atoms with Crippen LogP contribution in [0.25, 0.3) is 0 Å². The number of Topliss-reactive ketones (excluding diaryl/α,β-unsaturated/α-hetero) is 1. The lowest BCUT2D eigenvalue weighted by Crippen LogP contribution is -2.37. The van der Waals surface area contributed by atoms with E-state index in [2.05, 4.69) is 5.43 Å². The number of benzene rings is 1. The number of amides is 1. The van der Waals surface area contributed by atoms with E-state index in [4.69, 9.17) is 0 Å². The second-order valence-electron chi connectivity index (χ2n) is 4.47. The van der Waals surface area contributed by atoms with E-state index in [1.54, 1.807) is 6.92 Å². The fourth-order valence-electron chi connectivity index (χ4n) is 2.11. The Morgan fingerprint density at radius 1 is 1.47 bits per heavy atom. The topological polar surface area (TPSA) is 49.4 Å². The summed E-state index contributed by atoms with van der Waals surface area (Å²) in [6, 6.07) is 7.80. The minimum atomic E-state index is 0.0233. The summed E-state index contributed by atoms with van der Waals surface area (Å²) < 4.78 is 0. The molecule has 1 fully saturated rings.